The van der Waals surface area contributed by atoms with Crippen LogP contribution in [0.2, 0.25) is 0 Å². The maximum absolute atomic E-state index is 13.3. The summed E-state index contributed by atoms with van der Waals surface area (Å²) in [5.74, 6) is -0.223. The van der Waals surface area contributed by atoms with E-state index in [2.05, 4.69) is 25.6 Å². The fraction of sp³-hybridized carbons (Fsp3) is 0.250. The van der Waals surface area contributed by atoms with E-state index in [0.29, 0.717) is 11.0 Å². The third-order valence-electron chi connectivity index (χ3n) is 3.08. The fourth-order valence-electron chi connectivity index (χ4n) is 1.82. The van der Waals surface area contributed by atoms with E-state index in [1.807, 2.05) is 5.38 Å². The zero-order valence-corrected chi connectivity index (χ0v) is 13.9. The summed E-state index contributed by atoms with van der Waals surface area (Å²) in [6, 6.07) is 2.11. The van der Waals surface area contributed by atoms with Crippen LogP contribution in [0.1, 0.15) is 24.5 Å². The number of nitrogen functional groups attached to an aromatic ring is 1. The lowest BCUT2D eigenvalue weighted by Crippen LogP contribution is -2.14. The van der Waals surface area contributed by atoms with Crippen molar-refractivity contribution in [2.45, 2.75) is 23.7 Å². The highest BCUT2D eigenvalue weighted by atomic mass is 79.9. The lowest BCUT2D eigenvalue weighted by molar-refractivity contribution is 0.599. The third kappa shape index (κ3) is 3.04. The van der Waals surface area contributed by atoms with Gasteiger partial charge in [0.15, 0.2) is 5.13 Å². The molecule has 0 spiro atoms. The highest BCUT2D eigenvalue weighted by Crippen LogP contribution is 2.41. The summed E-state index contributed by atoms with van der Waals surface area (Å²) in [6.45, 7) is 0. The Kier molecular flexibility index (Phi) is 3.66. The number of nitrogens with zero attached hydrogens (tertiary/aromatic N) is 1. The van der Waals surface area contributed by atoms with Crippen LogP contribution in [0.3, 0.4) is 0 Å². The van der Waals surface area contributed by atoms with Crippen LogP contribution in [0.25, 0.3) is 0 Å². The molecule has 0 atom stereocenters. The SMILES string of the molecule is Nc1cc(S(=O)(=O)Nc2nc(C3CC3)cs2)c(Br)cc1F. The van der Waals surface area contributed by atoms with Gasteiger partial charge in [-0.2, -0.15) is 0 Å². The molecule has 3 rings (SSSR count). The predicted octanol–water partition coefficient (Wildman–Crippen LogP) is 3.31. The topological polar surface area (TPSA) is 85.1 Å². The summed E-state index contributed by atoms with van der Waals surface area (Å²) in [7, 11) is -3.87. The molecule has 1 aromatic heterocycles. The number of rotatable bonds is 4. The molecular formula is C12H11BrFN3O2S2. The largest absolute Gasteiger partial charge is 0.396 e. The summed E-state index contributed by atoms with van der Waals surface area (Å²) < 4.78 is 40.5. The van der Waals surface area contributed by atoms with Gasteiger partial charge in [-0.05, 0) is 40.9 Å². The highest BCUT2D eigenvalue weighted by molar-refractivity contribution is 9.10. The number of thiazole rings is 1. The van der Waals surface area contributed by atoms with Gasteiger partial charge in [0.2, 0.25) is 0 Å². The van der Waals surface area contributed by atoms with Gasteiger partial charge in [0.1, 0.15) is 10.7 Å². The van der Waals surface area contributed by atoms with Crippen LogP contribution in [-0.4, -0.2) is 13.4 Å². The van der Waals surface area contributed by atoms with Crippen molar-refractivity contribution in [1.29, 1.82) is 0 Å². The van der Waals surface area contributed by atoms with Gasteiger partial charge in [-0.3, -0.25) is 4.72 Å². The molecule has 1 aromatic carbocycles. The number of nitrogens with two attached hydrogens (primary N) is 1. The lowest BCUT2D eigenvalue weighted by Gasteiger charge is -2.08. The number of benzene rings is 1. The molecule has 1 saturated carbocycles. The molecule has 0 unspecified atom stereocenters. The smallest absolute Gasteiger partial charge is 0.264 e. The minimum absolute atomic E-state index is 0.112. The van der Waals surface area contributed by atoms with Crippen LogP contribution in [0, 0.1) is 5.82 Å². The molecule has 5 nitrogen and oxygen atoms in total. The van der Waals surface area contributed by atoms with Gasteiger partial charge in [-0.25, -0.2) is 17.8 Å². The number of halogens is 2. The second-order valence-electron chi connectivity index (χ2n) is 4.76. The highest BCUT2D eigenvalue weighted by Gasteiger charge is 2.27. The van der Waals surface area contributed by atoms with Gasteiger partial charge < -0.3 is 5.73 Å². The van der Waals surface area contributed by atoms with Crippen molar-refractivity contribution < 1.29 is 12.8 Å². The summed E-state index contributed by atoms with van der Waals surface area (Å²) in [5, 5.41) is 2.15. The van der Waals surface area contributed by atoms with Crippen molar-refractivity contribution in [2.24, 2.45) is 0 Å². The molecule has 0 saturated heterocycles. The lowest BCUT2D eigenvalue weighted by atomic mass is 10.3. The Morgan fingerprint density at radius 1 is 1.43 bits per heavy atom. The van der Waals surface area contributed by atoms with Crippen LogP contribution in [-0.2, 0) is 10.0 Å². The Morgan fingerprint density at radius 3 is 2.81 bits per heavy atom. The zero-order valence-electron chi connectivity index (χ0n) is 10.6. The van der Waals surface area contributed by atoms with E-state index < -0.39 is 15.8 Å². The minimum atomic E-state index is -3.87. The van der Waals surface area contributed by atoms with Crippen LogP contribution in [0.4, 0.5) is 15.2 Å². The van der Waals surface area contributed by atoms with Gasteiger partial charge in [0, 0.05) is 15.8 Å². The molecule has 0 bridgehead atoms. The number of sulfonamides is 1. The molecule has 21 heavy (non-hydrogen) atoms. The Labute approximate surface area is 133 Å². The quantitative estimate of drug-likeness (QED) is 0.782. The first-order chi connectivity index (χ1) is 9.87. The monoisotopic (exact) mass is 391 g/mol. The Balaban J connectivity index is 1.90. The van der Waals surface area contributed by atoms with Crippen LogP contribution >= 0.6 is 27.3 Å². The second-order valence-corrected chi connectivity index (χ2v) is 8.12. The van der Waals surface area contributed by atoms with E-state index in [0.717, 1.165) is 30.7 Å². The molecule has 1 aliphatic carbocycles. The van der Waals surface area contributed by atoms with Gasteiger partial charge in [-0.15, -0.1) is 11.3 Å². The van der Waals surface area contributed by atoms with Crippen LogP contribution in [0.15, 0.2) is 26.9 Å². The molecule has 0 amide bonds. The first-order valence-corrected chi connectivity index (χ1v) is 9.25. The molecule has 1 fully saturated rings. The summed E-state index contributed by atoms with van der Waals surface area (Å²) in [5.41, 5.74) is 6.12. The molecule has 1 aliphatic rings. The first kappa shape index (κ1) is 14.7. The minimum Gasteiger partial charge on any atom is -0.396 e. The van der Waals surface area contributed by atoms with Crippen LogP contribution in [0.5, 0.6) is 0 Å². The second kappa shape index (κ2) is 5.22. The molecular weight excluding hydrogens is 381 g/mol. The maximum atomic E-state index is 13.3. The number of aromatic nitrogens is 1. The van der Waals surface area contributed by atoms with Crippen molar-refractivity contribution in [2.75, 3.05) is 10.5 Å². The molecule has 0 aliphatic heterocycles. The Morgan fingerprint density at radius 2 is 2.14 bits per heavy atom. The fourth-order valence-corrected chi connectivity index (χ4v) is 4.92. The van der Waals surface area contributed by atoms with Gasteiger partial charge >= 0.3 is 0 Å². The number of hydrogen-bond donors (Lipinski definition) is 2. The van der Waals surface area contributed by atoms with E-state index in [1.165, 1.54) is 11.3 Å². The van der Waals surface area contributed by atoms with E-state index in [1.54, 1.807) is 0 Å². The average Bonchev–Trinajstić information content (AvgIpc) is 3.15. The van der Waals surface area contributed by atoms with Crippen molar-refractivity contribution in [1.82, 2.24) is 4.98 Å². The molecule has 0 radical (unpaired) electrons. The third-order valence-corrected chi connectivity index (χ3v) is 6.28. The predicted molar refractivity (Wildman–Crippen MR) is 83.4 cm³/mol. The van der Waals surface area contributed by atoms with E-state index in [4.69, 9.17) is 5.73 Å². The summed E-state index contributed by atoms with van der Waals surface area (Å²) in [6.07, 6.45) is 2.19. The normalized spacial score (nSPS) is 15.1. The molecule has 1 heterocycles. The summed E-state index contributed by atoms with van der Waals surface area (Å²) in [4.78, 5) is 4.14. The van der Waals surface area contributed by atoms with Crippen molar-refractivity contribution in [3.8, 4) is 0 Å². The Bertz CT molecular complexity index is 803. The standard InChI is InChI=1S/C12H11BrFN3O2S2/c13-7-3-8(14)9(15)4-11(7)21(18,19)17-12-16-10(5-20-12)6-1-2-6/h3-6H,1-2,15H2,(H,16,17). The molecule has 3 N–H and O–H groups in total. The van der Waals surface area contributed by atoms with Gasteiger partial charge in [0.25, 0.3) is 10.0 Å². The van der Waals surface area contributed by atoms with E-state index in [-0.39, 0.29) is 15.1 Å². The molecule has 112 valence electrons. The number of anilines is 2. The number of nitrogens with one attached hydrogen (secondary N) is 1. The van der Waals surface area contributed by atoms with Crippen molar-refractivity contribution in [3.05, 3.63) is 33.5 Å². The van der Waals surface area contributed by atoms with Gasteiger partial charge in [0.05, 0.1) is 11.4 Å². The molecule has 2 aromatic rings. The first-order valence-electron chi connectivity index (χ1n) is 6.09. The Hall–Kier alpha value is -1.19. The number of hydrogen-bond acceptors (Lipinski definition) is 5. The zero-order chi connectivity index (χ0) is 15.2. The summed E-state index contributed by atoms with van der Waals surface area (Å²) >= 11 is 4.27. The molecule has 9 heteroatoms. The van der Waals surface area contributed by atoms with Crippen molar-refractivity contribution >= 4 is 48.1 Å². The average molecular weight is 392 g/mol. The van der Waals surface area contributed by atoms with E-state index >= 15 is 0 Å². The van der Waals surface area contributed by atoms with Crippen molar-refractivity contribution in [3.63, 3.8) is 0 Å². The van der Waals surface area contributed by atoms with E-state index in [9.17, 15) is 12.8 Å². The maximum Gasteiger partial charge on any atom is 0.264 e. The van der Waals surface area contributed by atoms with Crippen LogP contribution < -0.4 is 10.5 Å². The van der Waals surface area contributed by atoms with Gasteiger partial charge in [-0.1, -0.05) is 0 Å².